The third-order valence-electron chi connectivity index (χ3n) is 3.28. The fourth-order valence-electron chi connectivity index (χ4n) is 2.16. The lowest BCUT2D eigenvalue weighted by Gasteiger charge is -2.19. The Morgan fingerprint density at radius 3 is 2.71 bits per heavy atom. The molecule has 1 atom stereocenters. The summed E-state index contributed by atoms with van der Waals surface area (Å²) in [4.78, 5) is 0. The highest BCUT2D eigenvalue weighted by molar-refractivity contribution is 9.10. The molecule has 2 rings (SSSR count). The lowest BCUT2D eigenvalue weighted by atomic mass is 10.1. The van der Waals surface area contributed by atoms with Crippen molar-refractivity contribution in [2.45, 2.75) is 26.5 Å². The third-order valence-corrected chi connectivity index (χ3v) is 3.97. The van der Waals surface area contributed by atoms with E-state index in [1.54, 1.807) is 6.07 Å². The maximum Gasteiger partial charge on any atom is 0.124 e. The summed E-state index contributed by atoms with van der Waals surface area (Å²) in [5, 5.41) is 3.46. The van der Waals surface area contributed by atoms with Gasteiger partial charge in [0.2, 0.25) is 0 Å². The van der Waals surface area contributed by atoms with Crippen molar-refractivity contribution >= 4 is 21.6 Å². The van der Waals surface area contributed by atoms with E-state index in [0.29, 0.717) is 13.2 Å². The molecule has 0 spiro atoms. The van der Waals surface area contributed by atoms with Crippen LogP contribution in [-0.2, 0) is 11.3 Å². The van der Waals surface area contributed by atoms with Crippen LogP contribution in [0.3, 0.4) is 0 Å². The predicted molar refractivity (Wildman–Crippen MR) is 87.9 cm³/mol. The second-order valence-corrected chi connectivity index (χ2v) is 5.68. The van der Waals surface area contributed by atoms with Crippen LogP contribution in [0.25, 0.3) is 0 Å². The van der Waals surface area contributed by atoms with Crippen molar-refractivity contribution in [2.24, 2.45) is 0 Å². The second kappa shape index (κ2) is 7.57. The first-order valence-electron chi connectivity index (χ1n) is 6.99. The van der Waals surface area contributed by atoms with Crippen LogP contribution in [-0.4, -0.2) is 6.61 Å². The average molecular weight is 352 g/mol. The summed E-state index contributed by atoms with van der Waals surface area (Å²) in [6, 6.07) is 12.9. The van der Waals surface area contributed by atoms with Crippen LogP contribution in [0, 0.1) is 5.82 Å². The topological polar surface area (TPSA) is 21.3 Å². The molecule has 0 aliphatic heterocycles. The molecular formula is C17H19BrFNO. The molecule has 4 heteroatoms. The molecule has 2 aromatic rings. The monoisotopic (exact) mass is 351 g/mol. The Hall–Kier alpha value is -1.39. The van der Waals surface area contributed by atoms with Crippen LogP contribution in [0.5, 0.6) is 0 Å². The summed E-state index contributed by atoms with van der Waals surface area (Å²) in [5.41, 5.74) is 3.17. The number of rotatable bonds is 6. The number of para-hydroxylation sites is 1. The normalized spacial score (nSPS) is 12.2. The van der Waals surface area contributed by atoms with Crippen LogP contribution >= 0.6 is 15.9 Å². The number of nitrogens with one attached hydrogen (secondary N) is 1. The van der Waals surface area contributed by atoms with Gasteiger partial charge in [-0.25, -0.2) is 4.39 Å². The Balaban J connectivity index is 2.17. The van der Waals surface area contributed by atoms with Crippen molar-refractivity contribution in [3.05, 3.63) is 63.9 Å². The van der Waals surface area contributed by atoms with Gasteiger partial charge in [-0.3, -0.25) is 0 Å². The molecule has 0 fully saturated rings. The number of benzene rings is 2. The molecule has 0 bridgehead atoms. The summed E-state index contributed by atoms with van der Waals surface area (Å²) in [6.45, 7) is 5.30. The highest BCUT2D eigenvalue weighted by atomic mass is 79.9. The number of anilines is 1. The van der Waals surface area contributed by atoms with E-state index in [1.807, 2.05) is 31.2 Å². The molecular weight excluding hydrogens is 333 g/mol. The first-order valence-corrected chi connectivity index (χ1v) is 7.78. The molecule has 112 valence electrons. The van der Waals surface area contributed by atoms with Gasteiger partial charge < -0.3 is 10.1 Å². The minimum Gasteiger partial charge on any atom is -0.378 e. The first kappa shape index (κ1) is 16.0. The van der Waals surface area contributed by atoms with Crippen LogP contribution in [0.15, 0.2) is 46.9 Å². The minimum atomic E-state index is -0.241. The molecule has 0 aromatic heterocycles. The molecule has 2 nitrogen and oxygen atoms in total. The van der Waals surface area contributed by atoms with Gasteiger partial charge in [0.05, 0.1) is 6.61 Å². The zero-order chi connectivity index (χ0) is 15.2. The standard InChI is InChI=1S/C17H19BrFNO/c1-3-21-11-13-6-4-5-7-17(13)20-12(2)15-9-8-14(19)10-16(15)18/h4-10,12,20H,3,11H2,1-2H3. The van der Waals surface area contributed by atoms with E-state index < -0.39 is 0 Å². The van der Waals surface area contributed by atoms with Crippen molar-refractivity contribution in [1.82, 2.24) is 0 Å². The molecule has 0 saturated heterocycles. The van der Waals surface area contributed by atoms with E-state index in [-0.39, 0.29) is 11.9 Å². The molecule has 1 N–H and O–H groups in total. The average Bonchev–Trinajstić information content (AvgIpc) is 2.46. The van der Waals surface area contributed by atoms with Crippen molar-refractivity contribution in [3.63, 3.8) is 0 Å². The fraction of sp³-hybridized carbons (Fsp3) is 0.294. The van der Waals surface area contributed by atoms with E-state index in [4.69, 9.17) is 4.74 Å². The molecule has 2 aromatic carbocycles. The smallest absolute Gasteiger partial charge is 0.124 e. The fourth-order valence-corrected chi connectivity index (χ4v) is 2.86. The predicted octanol–water partition coefficient (Wildman–Crippen LogP) is 5.30. The van der Waals surface area contributed by atoms with Gasteiger partial charge in [0.15, 0.2) is 0 Å². The molecule has 1 unspecified atom stereocenters. The molecule has 21 heavy (non-hydrogen) atoms. The zero-order valence-corrected chi connectivity index (χ0v) is 13.8. The van der Waals surface area contributed by atoms with Gasteiger partial charge in [0.25, 0.3) is 0 Å². The number of halogens is 2. The maximum absolute atomic E-state index is 13.2. The van der Waals surface area contributed by atoms with Crippen LogP contribution in [0.4, 0.5) is 10.1 Å². The quantitative estimate of drug-likeness (QED) is 0.762. The molecule has 0 aliphatic carbocycles. The Labute approximate surface area is 133 Å². The van der Waals surface area contributed by atoms with Gasteiger partial charge >= 0.3 is 0 Å². The Kier molecular flexibility index (Phi) is 5.76. The van der Waals surface area contributed by atoms with Crippen molar-refractivity contribution in [2.75, 3.05) is 11.9 Å². The molecule has 0 saturated carbocycles. The molecule has 0 heterocycles. The third kappa shape index (κ3) is 4.29. The first-order chi connectivity index (χ1) is 10.1. The summed E-state index contributed by atoms with van der Waals surface area (Å²) in [7, 11) is 0. The Morgan fingerprint density at radius 1 is 1.24 bits per heavy atom. The lowest BCUT2D eigenvalue weighted by molar-refractivity contribution is 0.134. The van der Waals surface area contributed by atoms with Gasteiger partial charge in [0, 0.05) is 28.4 Å². The molecule has 0 amide bonds. The summed E-state index contributed by atoms with van der Waals surface area (Å²) in [5.74, 6) is -0.241. The van der Waals surface area contributed by atoms with Gasteiger partial charge in [-0.05, 0) is 37.6 Å². The largest absolute Gasteiger partial charge is 0.378 e. The summed E-state index contributed by atoms with van der Waals surface area (Å²) in [6.07, 6.45) is 0. The number of hydrogen-bond acceptors (Lipinski definition) is 2. The minimum absolute atomic E-state index is 0.0581. The van der Waals surface area contributed by atoms with Crippen molar-refractivity contribution < 1.29 is 9.13 Å². The Morgan fingerprint density at radius 2 is 2.00 bits per heavy atom. The van der Waals surface area contributed by atoms with E-state index in [2.05, 4.69) is 28.2 Å². The SMILES string of the molecule is CCOCc1ccccc1NC(C)c1ccc(F)cc1Br. The zero-order valence-electron chi connectivity index (χ0n) is 12.2. The van der Waals surface area contributed by atoms with Gasteiger partial charge in [-0.15, -0.1) is 0 Å². The van der Waals surface area contributed by atoms with Crippen molar-refractivity contribution in [3.8, 4) is 0 Å². The highest BCUT2D eigenvalue weighted by Gasteiger charge is 2.11. The van der Waals surface area contributed by atoms with E-state index in [1.165, 1.54) is 12.1 Å². The summed E-state index contributed by atoms with van der Waals surface area (Å²) < 4.78 is 19.4. The second-order valence-electron chi connectivity index (χ2n) is 4.83. The Bertz CT molecular complexity index is 603. The van der Waals surface area contributed by atoms with Crippen LogP contribution in [0.2, 0.25) is 0 Å². The number of ether oxygens (including phenoxy) is 1. The van der Waals surface area contributed by atoms with Crippen molar-refractivity contribution in [1.29, 1.82) is 0 Å². The van der Waals surface area contributed by atoms with Crippen LogP contribution in [0.1, 0.15) is 31.0 Å². The van der Waals surface area contributed by atoms with E-state index in [9.17, 15) is 4.39 Å². The van der Waals surface area contributed by atoms with E-state index >= 15 is 0 Å². The summed E-state index contributed by atoms with van der Waals surface area (Å²) >= 11 is 3.42. The van der Waals surface area contributed by atoms with Gasteiger partial charge in [-0.1, -0.05) is 40.2 Å². The van der Waals surface area contributed by atoms with Gasteiger partial charge in [0.1, 0.15) is 5.82 Å². The maximum atomic E-state index is 13.2. The molecule has 0 radical (unpaired) electrons. The highest BCUT2D eigenvalue weighted by Crippen LogP contribution is 2.28. The van der Waals surface area contributed by atoms with E-state index in [0.717, 1.165) is 21.3 Å². The number of hydrogen-bond donors (Lipinski definition) is 1. The van der Waals surface area contributed by atoms with Gasteiger partial charge in [-0.2, -0.15) is 0 Å². The lowest BCUT2D eigenvalue weighted by Crippen LogP contribution is -2.09. The van der Waals surface area contributed by atoms with Crippen LogP contribution < -0.4 is 5.32 Å². The molecule has 0 aliphatic rings.